The van der Waals surface area contributed by atoms with Gasteiger partial charge in [0.1, 0.15) is 5.75 Å². The van der Waals surface area contributed by atoms with E-state index in [1.807, 2.05) is 31.2 Å². The predicted octanol–water partition coefficient (Wildman–Crippen LogP) is 1.41. The summed E-state index contributed by atoms with van der Waals surface area (Å²) in [5, 5.41) is 9.65. The fourth-order valence-electron chi connectivity index (χ4n) is 1.60. The van der Waals surface area contributed by atoms with Crippen LogP contribution >= 0.6 is 0 Å². The molecule has 1 aromatic carbocycles. The van der Waals surface area contributed by atoms with Crippen LogP contribution in [0.3, 0.4) is 0 Å². The summed E-state index contributed by atoms with van der Waals surface area (Å²) in [4.78, 5) is 11.2. The average Bonchev–Trinajstić information content (AvgIpc) is 2.37. The summed E-state index contributed by atoms with van der Waals surface area (Å²) in [6.07, 6.45) is -0.470. The maximum absolute atomic E-state index is 11.2. The van der Waals surface area contributed by atoms with Crippen molar-refractivity contribution in [1.82, 2.24) is 0 Å². The summed E-state index contributed by atoms with van der Waals surface area (Å²) in [6, 6.07) is 7.54. The minimum absolute atomic E-state index is 0.184. The van der Waals surface area contributed by atoms with E-state index in [2.05, 4.69) is 4.74 Å². The largest absolute Gasteiger partial charge is 0.497 e. The molecule has 0 amide bonds. The molecule has 2 unspecified atom stereocenters. The summed E-state index contributed by atoms with van der Waals surface area (Å²) >= 11 is 0. The summed E-state index contributed by atoms with van der Waals surface area (Å²) in [5.74, 6) is 0.0109. The van der Waals surface area contributed by atoms with Crippen molar-refractivity contribution in [2.45, 2.75) is 19.4 Å². The maximum atomic E-state index is 11.2. The van der Waals surface area contributed by atoms with Gasteiger partial charge in [-0.1, -0.05) is 19.1 Å². The summed E-state index contributed by atoms with van der Waals surface area (Å²) in [5.41, 5.74) is 1.04. The monoisotopic (exact) mass is 238 g/mol. The van der Waals surface area contributed by atoms with Crippen molar-refractivity contribution >= 4 is 5.97 Å². The van der Waals surface area contributed by atoms with Crippen LogP contribution in [0.5, 0.6) is 5.75 Å². The average molecular weight is 238 g/mol. The Balaban J connectivity index is 2.60. The number of rotatable bonds is 5. The van der Waals surface area contributed by atoms with Gasteiger partial charge >= 0.3 is 5.97 Å². The number of aliphatic hydroxyl groups excluding tert-OH is 1. The van der Waals surface area contributed by atoms with E-state index in [1.54, 1.807) is 7.11 Å². The smallest absolute Gasteiger partial charge is 0.334 e. The highest BCUT2D eigenvalue weighted by molar-refractivity contribution is 5.74. The first-order valence-corrected chi connectivity index (χ1v) is 5.47. The van der Waals surface area contributed by atoms with Gasteiger partial charge in [-0.3, -0.25) is 0 Å². The van der Waals surface area contributed by atoms with Gasteiger partial charge in [-0.25, -0.2) is 4.79 Å². The zero-order valence-corrected chi connectivity index (χ0v) is 10.3. The molecule has 4 heteroatoms. The molecule has 1 aromatic rings. The van der Waals surface area contributed by atoms with Gasteiger partial charge in [0.15, 0.2) is 6.10 Å². The van der Waals surface area contributed by atoms with Crippen molar-refractivity contribution in [2.24, 2.45) is 5.92 Å². The normalized spacial score (nSPS) is 13.9. The SMILES string of the molecule is COC(=O)C(O)C(C)Cc1ccc(OC)cc1. The van der Waals surface area contributed by atoms with Crippen molar-refractivity contribution in [2.75, 3.05) is 14.2 Å². The fraction of sp³-hybridized carbons (Fsp3) is 0.462. The molecule has 1 rings (SSSR count). The van der Waals surface area contributed by atoms with E-state index in [0.29, 0.717) is 6.42 Å². The lowest BCUT2D eigenvalue weighted by Gasteiger charge is -2.16. The molecule has 0 saturated carbocycles. The Bertz CT molecular complexity index is 358. The number of esters is 1. The molecule has 94 valence electrons. The van der Waals surface area contributed by atoms with Crippen LogP contribution in [-0.4, -0.2) is 31.4 Å². The van der Waals surface area contributed by atoms with E-state index in [0.717, 1.165) is 11.3 Å². The van der Waals surface area contributed by atoms with E-state index in [4.69, 9.17) is 4.74 Å². The zero-order valence-electron chi connectivity index (χ0n) is 10.3. The molecular formula is C13H18O4. The van der Waals surface area contributed by atoms with Gasteiger partial charge in [-0.2, -0.15) is 0 Å². The Kier molecular flexibility index (Phi) is 4.97. The lowest BCUT2D eigenvalue weighted by molar-refractivity contribution is -0.153. The van der Waals surface area contributed by atoms with Crippen LogP contribution in [0, 0.1) is 5.92 Å². The maximum Gasteiger partial charge on any atom is 0.334 e. The second-order valence-corrected chi connectivity index (χ2v) is 4.00. The number of benzene rings is 1. The van der Waals surface area contributed by atoms with Crippen LogP contribution < -0.4 is 4.74 Å². The number of aliphatic hydroxyl groups is 1. The Morgan fingerprint density at radius 2 is 1.88 bits per heavy atom. The van der Waals surface area contributed by atoms with Crippen molar-refractivity contribution in [3.63, 3.8) is 0 Å². The number of hydrogen-bond acceptors (Lipinski definition) is 4. The Morgan fingerprint density at radius 1 is 1.29 bits per heavy atom. The highest BCUT2D eigenvalue weighted by atomic mass is 16.5. The van der Waals surface area contributed by atoms with Crippen molar-refractivity contribution in [1.29, 1.82) is 0 Å². The minimum Gasteiger partial charge on any atom is -0.497 e. The van der Waals surface area contributed by atoms with E-state index >= 15 is 0 Å². The van der Waals surface area contributed by atoms with E-state index in [9.17, 15) is 9.90 Å². The van der Waals surface area contributed by atoms with Gasteiger partial charge in [0.25, 0.3) is 0 Å². The quantitative estimate of drug-likeness (QED) is 0.788. The van der Waals surface area contributed by atoms with E-state index in [-0.39, 0.29) is 5.92 Å². The summed E-state index contributed by atoms with van der Waals surface area (Å²) in [7, 11) is 2.88. The molecule has 0 spiro atoms. The Hall–Kier alpha value is -1.55. The number of ether oxygens (including phenoxy) is 2. The highest BCUT2D eigenvalue weighted by Gasteiger charge is 2.23. The van der Waals surface area contributed by atoms with Crippen molar-refractivity contribution in [3.8, 4) is 5.75 Å². The lowest BCUT2D eigenvalue weighted by Crippen LogP contribution is -2.30. The first kappa shape index (κ1) is 13.5. The standard InChI is InChI=1S/C13H18O4/c1-9(12(14)13(15)17-3)8-10-4-6-11(16-2)7-5-10/h4-7,9,12,14H,8H2,1-3H3. The van der Waals surface area contributed by atoms with Crippen LogP contribution in [0.1, 0.15) is 12.5 Å². The second kappa shape index (κ2) is 6.25. The molecule has 2 atom stereocenters. The van der Waals surface area contributed by atoms with Gasteiger partial charge in [-0.05, 0) is 30.0 Å². The molecule has 17 heavy (non-hydrogen) atoms. The third-order valence-electron chi connectivity index (χ3n) is 2.70. The van der Waals surface area contributed by atoms with Crippen LogP contribution in [-0.2, 0) is 16.0 Å². The molecule has 0 saturated heterocycles. The second-order valence-electron chi connectivity index (χ2n) is 4.00. The van der Waals surface area contributed by atoms with Crippen LogP contribution in [0.4, 0.5) is 0 Å². The molecule has 0 fully saturated rings. The third-order valence-corrected chi connectivity index (χ3v) is 2.70. The third kappa shape index (κ3) is 3.75. The molecular weight excluding hydrogens is 220 g/mol. The molecule has 0 aromatic heterocycles. The number of methoxy groups -OCH3 is 2. The van der Waals surface area contributed by atoms with Gasteiger partial charge < -0.3 is 14.6 Å². The van der Waals surface area contributed by atoms with Crippen LogP contribution in [0.2, 0.25) is 0 Å². The molecule has 0 bridgehead atoms. The van der Waals surface area contributed by atoms with Crippen LogP contribution in [0.15, 0.2) is 24.3 Å². The first-order chi connectivity index (χ1) is 8.08. The predicted molar refractivity (Wildman–Crippen MR) is 63.9 cm³/mol. The van der Waals surface area contributed by atoms with Gasteiger partial charge in [0, 0.05) is 0 Å². The van der Waals surface area contributed by atoms with E-state index in [1.165, 1.54) is 7.11 Å². The Labute approximate surface area is 101 Å². The zero-order chi connectivity index (χ0) is 12.8. The van der Waals surface area contributed by atoms with Crippen LogP contribution in [0.25, 0.3) is 0 Å². The molecule has 1 N–H and O–H groups in total. The topological polar surface area (TPSA) is 55.8 Å². The Morgan fingerprint density at radius 3 is 2.35 bits per heavy atom. The number of carbonyl (C=O) groups is 1. The van der Waals surface area contributed by atoms with Gasteiger partial charge in [-0.15, -0.1) is 0 Å². The number of carbonyl (C=O) groups excluding carboxylic acids is 1. The van der Waals surface area contributed by atoms with E-state index < -0.39 is 12.1 Å². The molecule has 0 aliphatic rings. The first-order valence-electron chi connectivity index (χ1n) is 5.47. The molecule has 0 aliphatic carbocycles. The van der Waals surface area contributed by atoms with Gasteiger partial charge in [0.2, 0.25) is 0 Å². The van der Waals surface area contributed by atoms with Gasteiger partial charge in [0.05, 0.1) is 14.2 Å². The fourth-order valence-corrected chi connectivity index (χ4v) is 1.60. The molecule has 0 heterocycles. The lowest BCUT2D eigenvalue weighted by atomic mass is 9.96. The summed E-state index contributed by atoms with van der Waals surface area (Å²) in [6.45, 7) is 1.81. The highest BCUT2D eigenvalue weighted by Crippen LogP contribution is 2.16. The molecule has 0 aliphatic heterocycles. The molecule has 4 nitrogen and oxygen atoms in total. The minimum atomic E-state index is -1.08. The number of hydrogen-bond donors (Lipinski definition) is 1. The van der Waals surface area contributed by atoms with Crippen molar-refractivity contribution < 1.29 is 19.4 Å². The van der Waals surface area contributed by atoms with Crippen molar-refractivity contribution in [3.05, 3.63) is 29.8 Å². The summed E-state index contributed by atoms with van der Waals surface area (Å²) < 4.78 is 9.55. The molecule has 0 radical (unpaired) electrons.